The highest BCUT2D eigenvalue weighted by atomic mass is 79.9. The molecular weight excluding hydrogens is 372 g/mol. The van der Waals surface area contributed by atoms with E-state index in [9.17, 15) is 5.11 Å². The van der Waals surface area contributed by atoms with Gasteiger partial charge in [0.05, 0.1) is 5.69 Å². The minimum Gasteiger partial charge on any atom is -0.492 e. The topological polar surface area (TPSA) is 58.1 Å². The maximum atomic E-state index is 9.46. The van der Waals surface area contributed by atoms with E-state index < -0.39 is 8.32 Å². The molecule has 0 spiro atoms. The van der Waals surface area contributed by atoms with Crippen molar-refractivity contribution in [2.24, 2.45) is 0 Å². The fourth-order valence-electron chi connectivity index (χ4n) is 2.11. The van der Waals surface area contributed by atoms with Crippen LogP contribution in [0.25, 0.3) is 11.3 Å². The minimum atomic E-state index is -1.74. The molecule has 2 aromatic rings. The summed E-state index contributed by atoms with van der Waals surface area (Å²) in [6, 6.07) is 7.76. The average molecular weight is 397 g/mol. The van der Waals surface area contributed by atoms with Crippen molar-refractivity contribution in [3.63, 3.8) is 0 Å². The van der Waals surface area contributed by atoms with Crippen LogP contribution in [0.5, 0.6) is 5.88 Å². The summed E-state index contributed by atoms with van der Waals surface area (Å²) in [7, 11) is -1.74. The Morgan fingerprint density at radius 1 is 1.26 bits per heavy atom. The Kier molecular flexibility index (Phi) is 5.38. The lowest BCUT2D eigenvalue weighted by Crippen LogP contribution is -2.41. The zero-order valence-electron chi connectivity index (χ0n) is 14.4. The van der Waals surface area contributed by atoms with Crippen molar-refractivity contribution in [3.05, 3.63) is 34.3 Å². The summed E-state index contributed by atoms with van der Waals surface area (Å²) in [5.41, 5.74) is 3.03. The smallest absolute Gasteiger partial charge is 0.230 e. The fourth-order valence-corrected chi connectivity index (χ4v) is 3.57. The van der Waals surface area contributed by atoms with Gasteiger partial charge in [-0.05, 0) is 42.2 Å². The van der Waals surface area contributed by atoms with Crippen molar-refractivity contribution >= 4 is 24.2 Å². The molecule has 0 aliphatic rings. The van der Waals surface area contributed by atoms with Gasteiger partial charge >= 0.3 is 0 Å². The number of aromatic hydroxyl groups is 1. The van der Waals surface area contributed by atoms with Gasteiger partial charge in [0, 0.05) is 22.7 Å². The van der Waals surface area contributed by atoms with Crippen LogP contribution in [-0.2, 0) is 10.8 Å². The number of benzene rings is 1. The lowest BCUT2D eigenvalue weighted by atomic mass is 10.0. The van der Waals surface area contributed by atoms with Crippen LogP contribution >= 0.6 is 15.9 Å². The summed E-state index contributed by atoms with van der Waals surface area (Å²) in [5, 5.41) is 16.3. The van der Waals surface area contributed by atoms with E-state index in [4.69, 9.17) is 4.43 Å². The van der Waals surface area contributed by atoms with E-state index in [0.29, 0.717) is 6.61 Å². The maximum absolute atomic E-state index is 9.46. The van der Waals surface area contributed by atoms with Gasteiger partial charge in [-0.2, -0.15) is 0 Å². The van der Waals surface area contributed by atoms with Crippen LogP contribution in [0.15, 0.2) is 28.7 Å². The number of hydrogen-bond donors (Lipinski definition) is 2. The minimum absolute atomic E-state index is 0.00592. The lowest BCUT2D eigenvalue weighted by Gasteiger charge is -2.36. The first-order valence-electron chi connectivity index (χ1n) is 7.77. The second-order valence-electron chi connectivity index (χ2n) is 7.30. The molecule has 23 heavy (non-hydrogen) atoms. The van der Waals surface area contributed by atoms with Gasteiger partial charge < -0.3 is 9.53 Å². The van der Waals surface area contributed by atoms with Gasteiger partial charge in [-0.15, -0.1) is 5.10 Å². The van der Waals surface area contributed by atoms with Gasteiger partial charge in [0.15, 0.2) is 8.32 Å². The Bertz CT molecular complexity index is 677. The summed E-state index contributed by atoms with van der Waals surface area (Å²) in [5.74, 6) is 0.00592. The van der Waals surface area contributed by atoms with E-state index in [-0.39, 0.29) is 10.9 Å². The Balaban J connectivity index is 2.15. The summed E-state index contributed by atoms with van der Waals surface area (Å²) in [6.45, 7) is 12.0. The van der Waals surface area contributed by atoms with Crippen LogP contribution in [0.2, 0.25) is 18.1 Å². The quantitative estimate of drug-likeness (QED) is 0.690. The number of aromatic amines is 1. The van der Waals surface area contributed by atoms with Crippen LogP contribution in [0.1, 0.15) is 26.3 Å². The second kappa shape index (κ2) is 6.79. The van der Waals surface area contributed by atoms with Crippen LogP contribution < -0.4 is 0 Å². The van der Waals surface area contributed by atoms with Crippen molar-refractivity contribution in [1.82, 2.24) is 10.2 Å². The number of hydrogen-bond acceptors (Lipinski definition) is 3. The normalized spacial score (nSPS) is 12.6. The van der Waals surface area contributed by atoms with Crippen LogP contribution in [0, 0.1) is 0 Å². The standard InChI is InChI=1S/C17H25BrN2O2Si/c1-17(2,3)23(4,5)22-9-8-12-10-13(18)6-7-14(12)15-11-16(21)20-19-15/h6-7,10-11H,8-9H2,1-5H3,(H2,19,20,21). The number of nitrogens with zero attached hydrogens (tertiary/aromatic N) is 1. The molecule has 0 amide bonds. The molecule has 1 aromatic heterocycles. The zero-order chi connectivity index (χ0) is 17.3. The van der Waals surface area contributed by atoms with Gasteiger partial charge in [0.2, 0.25) is 5.88 Å². The molecule has 126 valence electrons. The van der Waals surface area contributed by atoms with Crippen molar-refractivity contribution in [1.29, 1.82) is 0 Å². The maximum Gasteiger partial charge on any atom is 0.230 e. The fraction of sp³-hybridized carbons (Fsp3) is 0.471. The van der Waals surface area contributed by atoms with E-state index in [1.54, 1.807) is 6.07 Å². The van der Waals surface area contributed by atoms with Crippen LogP contribution in [0.3, 0.4) is 0 Å². The predicted octanol–water partition coefficient (Wildman–Crippen LogP) is 5.11. The number of aromatic nitrogens is 2. The Morgan fingerprint density at radius 3 is 2.52 bits per heavy atom. The number of halogens is 1. The molecule has 1 heterocycles. The molecule has 0 saturated carbocycles. The first-order chi connectivity index (χ1) is 10.6. The van der Waals surface area contributed by atoms with Crippen LogP contribution in [-0.4, -0.2) is 30.2 Å². The third kappa shape index (κ3) is 4.46. The third-order valence-corrected chi connectivity index (χ3v) is 9.59. The van der Waals surface area contributed by atoms with Crippen molar-refractivity contribution in [2.45, 2.75) is 45.3 Å². The molecule has 0 radical (unpaired) electrons. The molecular formula is C17H25BrN2O2Si. The van der Waals surface area contributed by atoms with E-state index >= 15 is 0 Å². The van der Waals surface area contributed by atoms with Crippen molar-refractivity contribution < 1.29 is 9.53 Å². The monoisotopic (exact) mass is 396 g/mol. The number of rotatable bonds is 5. The zero-order valence-corrected chi connectivity index (χ0v) is 17.0. The molecule has 2 N–H and O–H groups in total. The summed E-state index contributed by atoms with van der Waals surface area (Å²) in [4.78, 5) is 0. The van der Waals surface area contributed by atoms with E-state index in [1.165, 1.54) is 5.56 Å². The van der Waals surface area contributed by atoms with Gasteiger partial charge in [0.1, 0.15) is 0 Å². The SMILES string of the molecule is CC(C)(C)[Si](C)(C)OCCc1cc(Br)ccc1-c1cc(O)n[nH]1. The van der Waals surface area contributed by atoms with E-state index in [2.05, 4.69) is 66.1 Å². The summed E-state index contributed by atoms with van der Waals surface area (Å²) >= 11 is 3.53. The van der Waals surface area contributed by atoms with Crippen molar-refractivity contribution in [3.8, 4) is 17.1 Å². The Hall–Kier alpha value is -1.11. The summed E-state index contributed by atoms with van der Waals surface area (Å²) < 4.78 is 7.32. The number of nitrogens with one attached hydrogen (secondary N) is 1. The first kappa shape index (κ1) is 18.2. The largest absolute Gasteiger partial charge is 0.492 e. The highest BCUT2D eigenvalue weighted by Gasteiger charge is 2.36. The molecule has 0 fully saturated rings. The third-order valence-electron chi connectivity index (χ3n) is 4.56. The molecule has 0 aliphatic heterocycles. The Labute approximate surface area is 147 Å². The summed E-state index contributed by atoms with van der Waals surface area (Å²) in [6.07, 6.45) is 0.821. The van der Waals surface area contributed by atoms with Gasteiger partial charge in [-0.1, -0.05) is 42.8 Å². The molecule has 1 aromatic carbocycles. The number of H-pyrrole nitrogens is 1. The molecule has 6 heteroatoms. The average Bonchev–Trinajstić information content (AvgIpc) is 2.84. The van der Waals surface area contributed by atoms with Gasteiger partial charge in [-0.3, -0.25) is 5.10 Å². The molecule has 0 unspecified atom stereocenters. The predicted molar refractivity (Wildman–Crippen MR) is 100 cm³/mol. The molecule has 0 aliphatic carbocycles. The highest BCUT2D eigenvalue weighted by Crippen LogP contribution is 2.36. The molecule has 0 bridgehead atoms. The second-order valence-corrected chi connectivity index (χ2v) is 13.0. The Morgan fingerprint density at radius 2 is 1.96 bits per heavy atom. The first-order valence-corrected chi connectivity index (χ1v) is 11.5. The molecule has 0 atom stereocenters. The molecule has 0 saturated heterocycles. The lowest BCUT2D eigenvalue weighted by molar-refractivity contribution is 0.292. The van der Waals surface area contributed by atoms with E-state index in [1.807, 2.05) is 12.1 Å². The van der Waals surface area contributed by atoms with Gasteiger partial charge in [0.25, 0.3) is 0 Å². The highest BCUT2D eigenvalue weighted by molar-refractivity contribution is 9.10. The van der Waals surface area contributed by atoms with Crippen molar-refractivity contribution in [2.75, 3.05) is 6.61 Å². The van der Waals surface area contributed by atoms with Crippen LogP contribution in [0.4, 0.5) is 0 Å². The van der Waals surface area contributed by atoms with E-state index in [0.717, 1.165) is 22.2 Å². The molecule has 4 nitrogen and oxygen atoms in total. The molecule has 2 rings (SSSR count). The van der Waals surface area contributed by atoms with Gasteiger partial charge in [-0.25, -0.2) is 0 Å².